The number of benzene rings is 1. The number of para-hydroxylation sites is 1. The molecule has 0 saturated carbocycles. The Bertz CT molecular complexity index is 505. The molecule has 3 heteroatoms. The molecule has 0 bridgehead atoms. The molecule has 2 aliphatic rings. The van der Waals surface area contributed by atoms with E-state index < -0.39 is 0 Å². The Labute approximate surface area is 121 Å². The molecule has 0 aromatic heterocycles. The van der Waals surface area contributed by atoms with Gasteiger partial charge in [-0.25, -0.2) is 0 Å². The van der Waals surface area contributed by atoms with Gasteiger partial charge >= 0.3 is 0 Å². The van der Waals surface area contributed by atoms with Crippen LogP contribution in [0.2, 0.25) is 0 Å². The van der Waals surface area contributed by atoms with Crippen molar-refractivity contribution in [2.45, 2.75) is 33.1 Å². The van der Waals surface area contributed by atoms with Crippen molar-refractivity contribution in [1.82, 2.24) is 5.32 Å². The van der Waals surface area contributed by atoms with Crippen molar-refractivity contribution in [3.05, 3.63) is 29.8 Å². The van der Waals surface area contributed by atoms with Crippen LogP contribution in [0.1, 0.15) is 32.3 Å². The summed E-state index contributed by atoms with van der Waals surface area (Å²) in [5.74, 6) is 0.858. The summed E-state index contributed by atoms with van der Waals surface area (Å²) in [5, 5.41) is 3.35. The molecule has 0 spiro atoms. The minimum absolute atomic E-state index is 0.199. The maximum absolute atomic E-state index is 13.1. The van der Waals surface area contributed by atoms with Crippen molar-refractivity contribution in [2.24, 2.45) is 11.3 Å². The van der Waals surface area contributed by atoms with Gasteiger partial charge < -0.3 is 10.2 Å². The minimum atomic E-state index is -0.199. The van der Waals surface area contributed by atoms with Gasteiger partial charge in [0.25, 0.3) is 0 Å². The van der Waals surface area contributed by atoms with Crippen LogP contribution in [0.5, 0.6) is 0 Å². The molecule has 2 aliphatic heterocycles. The SMILES string of the molecule is CC1Cc2ccccc2N(C(=O)C2(C)CCNCC2)C1. The normalized spacial score (nSPS) is 25.1. The molecule has 20 heavy (non-hydrogen) atoms. The van der Waals surface area contributed by atoms with Gasteiger partial charge in [-0.3, -0.25) is 4.79 Å². The second-order valence-electron chi connectivity index (χ2n) is 6.66. The molecule has 1 unspecified atom stereocenters. The number of hydrogen-bond donors (Lipinski definition) is 1. The Hall–Kier alpha value is -1.35. The third-order valence-corrected chi connectivity index (χ3v) is 4.81. The van der Waals surface area contributed by atoms with E-state index in [1.54, 1.807) is 0 Å². The molecule has 1 amide bonds. The van der Waals surface area contributed by atoms with Crippen molar-refractivity contribution in [1.29, 1.82) is 0 Å². The fourth-order valence-corrected chi connectivity index (χ4v) is 3.51. The van der Waals surface area contributed by atoms with E-state index in [9.17, 15) is 4.79 Å². The van der Waals surface area contributed by atoms with Crippen molar-refractivity contribution in [3.8, 4) is 0 Å². The van der Waals surface area contributed by atoms with Gasteiger partial charge in [0.2, 0.25) is 5.91 Å². The monoisotopic (exact) mass is 272 g/mol. The number of nitrogens with one attached hydrogen (secondary N) is 1. The predicted octanol–water partition coefficient (Wildman–Crippen LogP) is 2.60. The number of nitrogens with zero attached hydrogens (tertiary/aromatic N) is 1. The van der Waals surface area contributed by atoms with Gasteiger partial charge in [-0.15, -0.1) is 0 Å². The number of amides is 1. The van der Waals surface area contributed by atoms with E-state index in [1.807, 2.05) is 6.07 Å². The molecule has 1 fully saturated rings. The number of carbonyl (C=O) groups excluding carboxylic acids is 1. The second-order valence-corrected chi connectivity index (χ2v) is 6.66. The third-order valence-electron chi connectivity index (χ3n) is 4.81. The van der Waals surface area contributed by atoms with Crippen LogP contribution in [-0.2, 0) is 11.2 Å². The van der Waals surface area contributed by atoms with Crippen LogP contribution in [0.15, 0.2) is 24.3 Å². The number of rotatable bonds is 1. The Kier molecular flexibility index (Phi) is 3.55. The molecule has 1 N–H and O–H groups in total. The summed E-state index contributed by atoms with van der Waals surface area (Å²) in [4.78, 5) is 15.1. The quantitative estimate of drug-likeness (QED) is 0.852. The van der Waals surface area contributed by atoms with Gasteiger partial charge in [-0.2, -0.15) is 0 Å². The average molecular weight is 272 g/mol. The van der Waals surface area contributed by atoms with Crippen LogP contribution in [0.4, 0.5) is 5.69 Å². The molecule has 1 aromatic carbocycles. The van der Waals surface area contributed by atoms with Gasteiger partial charge in [-0.05, 0) is 49.9 Å². The molecule has 2 heterocycles. The van der Waals surface area contributed by atoms with Crippen molar-refractivity contribution in [3.63, 3.8) is 0 Å². The Morgan fingerprint density at radius 3 is 2.75 bits per heavy atom. The first-order valence-electron chi connectivity index (χ1n) is 7.71. The van der Waals surface area contributed by atoms with Gasteiger partial charge in [0, 0.05) is 17.6 Å². The van der Waals surface area contributed by atoms with Crippen LogP contribution < -0.4 is 10.2 Å². The smallest absolute Gasteiger partial charge is 0.233 e. The molecule has 3 rings (SSSR count). The summed E-state index contributed by atoms with van der Waals surface area (Å²) in [6.45, 7) is 7.14. The fourth-order valence-electron chi connectivity index (χ4n) is 3.51. The summed E-state index contributed by atoms with van der Waals surface area (Å²) in [6, 6.07) is 8.38. The van der Waals surface area contributed by atoms with Crippen LogP contribution >= 0.6 is 0 Å². The van der Waals surface area contributed by atoms with E-state index in [1.165, 1.54) is 5.56 Å². The molecule has 0 aliphatic carbocycles. The fraction of sp³-hybridized carbons (Fsp3) is 0.588. The van der Waals surface area contributed by atoms with Crippen LogP contribution in [0.25, 0.3) is 0 Å². The molecule has 0 radical (unpaired) electrons. The average Bonchev–Trinajstić information content (AvgIpc) is 2.46. The summed E-state index contributed by atoms with van der Waals surface area (Å²) >= 11 is 0. The van der Waals surface area contributed by atoms with Crippen LogP contribution in [-0.4, -0.2) is 25.5 Å². The van der Waals surface area contributed by atoms with Crippen molar-refractivity contribution < 1.29 is 4.79 Å². The first kappa shape index (κ1) is 13.6. The van der Waals surface area contributed by atoms with Crippen molar-refractivity contribution in [2.75, 3.05) is 24.5 Å². The zero-order chi connectivity index (χ0) is 14.2. The topological polar surface area (TPSA) is 32.3 Å². The Morgan fingerprint density at radius 1 is 1.30 bits per heavy atom. The van der Waals surface area contributed by atoms with Gasteiger partial charge in [-0.1, -0.05) is 32.0 Å². The minimum Gasteiger partial charge on any atom is -0.317 e. The standard InChI is InChI=1S/C17H24N2O/c1-13-11-14-5-3-4-6-15(14)19(12-13)16(20)17(2)7-9-18-10-8-17/h3-6,13,18H,7-12H2,1-2H3. The highest BCUT2D eigenvalue weighted by Crippen LogP contribution is 2.36. The lowest BCUT2D eigenvalue weighted by Gasteiger charge is -2.41. The Morgan fingerprint density at radius 2 is 2.00 bits per heavy atom. The van der Waals surface area contributed by atoms with E-state index in [0.29, 0.717) is 11.8 Å². The zero-order valence-corrected chi connectivity index (χ0v) is 12.5. The lowest BCUT2D eigenvalue weighted by atomic mass is 9.78. The predicted molar refractivity (Wildman–Crippen MR) is 81.9 cm³/mol. The van der Waals surface area contributed by atoms with Crippen LogP contribution in [0.3, 0.4) is 0 Å². The maximum Gasteiger partial charge on any atom is 0.233 e. The molecule has 1 atom stereocenters. The molecule has 1 saturated heterocycles. The van der Waals surface area contributed by atoms with E-state index >= 15 is 0 Å². The first-order valence-corrected chi connectivity index (χ1v) is 7.71. The molecular formula is C17H24N2O. The van der Waals surface area contributed by atoms with E-state index in [-0.39, 0.29) is 5.41 Å². The number of piperidine rings is 1. The number of carbonyl (C=O) groups is 1. The molecular weight excluding hydrogens is 248 g/mol. The summed E-state index contributed by atoms with van der Waals surface area (Å²) in [7, 11) is 0. The van der Waals surface area contributed by atoms with Crippen molar-refractivity contribution >= 4 is 11.6 Å². The summed E-state index contributed by atoms with van der Waals surface area (Å²) in [5.41, 5.74) is 2.25. The van der Waals surface area contributed by atoms with E-state index in [4.69, 9.17) is 0 Å². The lowest BCUT2D eigenvalue weighted by molar-refractivity contribution is -0.129. The first-order chi connectivity index (χ1) is 9.60. The number of hydrogen-bond acceptors (Lipinski definition) is 2. The van der Waals surface area contributed by atoms with E-state index in [0.717, 1.165) is 44.6 Å². The number of anilines is 1. The zero-order valence-electron chi connectivity index (χ0n) is 12.5. The molecule has 108 valence electrons. The van der Waals surface area contributed by atoms with Gasteiger partial charge in [0.15, 0.2) is 0 Å². The highest BCUT2D eigenvalue weighted by atomic mass is 16.2. The second kappa shape index (κ2) is 5.21. The van der Waals surface area contributed by atoms with Gasteiger partial charge in [0.05, 0.1) is 0 Å². The third kappa shape index (κ3) is 2.35. The lowest BCUT2D eigenvalue weighted by Crippen LogP contribution is -2.50. The van der Waals surface area contributed by atoms with Gasteiger partial charge in [0.1, 0.15) is 0 Å². The highest BCUT2D eigenvalue weighted by Gasteiger charge is 2.40. The summed E-state index contributed by atoms with van der Waals surface area (Å²) < 4.78 is 0. The molecule has 3 nitrogen and oxygen atoms in total. The molecule has 1 aromatic rings. The highest BCUT2D eigenvalue weighted by molar-refractivity contribution is 5.98. The van der Waals surface area contributed by atoms with E-state index in [2.05, 4.69) is 42.3 Å². The summed E-state index contributed by atoms with van der Waals surface area (Å²) in [6.07, 6.45) is 2.97. The largest absolute Gasteiger partial charge is 0.317 e. The maximum atomic E-state index is 13.1. The number of fused-ring (bicyclic) bond motifs is 1. The van der Waals surface area contributed by atoms with Crippen LogP contribution in [0, 0.1) is 11.3 Å². The Balaban J connectivity index is 1.91.